The molecule has 0 saturated heterocycles. The van der Waals surface area contributed by atoms with E-state index in [1.165, 1.54) is 16.8 Å². The Balaban J connectivity index is 1.70. The first-order valence-electron chi connectivity index (χ1n) is 9.04. The minimum Gasteiger partial charge on any atom is -0.335 e. The molecule has 0 aliphatic heterocycles. The van der Waals surface area contributed by atoms with E-state index in [0.29, 0.717) is 16.2 Å². The summed E-state index contributed by atoms with van der Waals surface area (Å²) in [5.41, 5.74) is 0.561. The molecular formula is C20H19ClN4O3. The van der Waals surface area contributed by atoms with Crippen molar-refractivity contribution in [2.45, 2.75) is 31.8 Å². The van der Waals surface area contributed by atoms with E-state index in [1.54, 1.807) is 24.1 Å². The molecular weight excluding hydrogens is 380 g/mol. The van der Waals surface area contributed by atoms with E-state index >= 15 is 0 Å². The number of nitrogens with one attached hydrogen (secondary N) is 1. The Kier molecular flexibility index (Phi) is 4.55. The highest BCUT2D eigenvalue weighted by Crippen LogP contribution is 2.34. The molecule has 144 valence electrons. The van der Waals surface area contributed by atoms with Gasteiger partial charge in [-0.2, -0.15) is 0 Å². The Morgan fingerprint density at radius 2 is 1.96 bits per heavy atom. The average molecular weight is 399 g/mol. The molecule has 2 heterocycles. The summed E-state index contributed by atoms with van der Waals surface area (Å²) < 4.78 is 1.50. The predicted molar refractivity (Wildman–Crippen MR) is 107 cm³/mol. The van der Waals surface area contributed by atoms with Gasteiger partial charge in [-0.1, -0.05) is 23.7 Å². The maximum Gasteiger partial charge on any atom is 0.330 e. The fourth-order valence-electron chi connectivity index (χ4n) is 3.27. The second-order valence-electron chi connectivity index (χ2n) is 7.10. The van der Waals surface area contributed by atoms with Crippen LogP contribution < -0.4 is 11.2 Å². The van der Waals surface area contributed by atoms with Crippen molar-refractivity contribution >= 4 is 28.5 Å². The molecule has 3 aromatic rings. The van der Waals surface area contributed by atoms with Gasteiger partial charge >= 0.3 is 5.69 Å². The third-order valence-electron chi connectivity index (χ3n) is 5.19. The summed E-state index contributed by atoms with van der Waals surface area (Å²) in [5.74, 6) is -0.263. The van der Waals surface area contributed by atoms with Crippen LogP contribution in [0, 0.1) is 0 Å². The Morgan fingerprint density at radius 1 is 1.29 bits per heavy atom. The molecule has 1 amide bonds. The van der Waals surface area contributed by atoms with Gasteiger partial charge < -0.3 is 4.90 Å². The van der Waals surface area contributed by atoms with Crippen LogP contribution in [0.15, 0.2) is 46.1 Å². The Morgan fingerprint density at radius 3 is 2.61 bits per heavy atom. The monoisotopic (exact) mass is 398 g/mol. The molecule has 2 aromatic heterocycles. The number of aromatic nitrogens is 3. The lowest BCUT2D eigenvalue weighted by molar-refractivity contribution is 0.0742. The van der Waals surface area contributed by atoms with Crippen molar-refractivity contribution in [3.05, 3.63) is 73.5 Å². The van der Waals surface area contributed by atoms with E-state index < -0.39 is 11.2 Å². The fourth-order valence-corrected chi connectivity index (χ4v) is 3.40. The second-order valence-corrected chi connectivity index (χ2v) is 7.54. The fraction of sp³-hybridized carbons (Fsp3) is 0.300. The highest BCUT2D eigenvalue weighted by molar-refractivity contribution is 6.30. The third kappa shape index (κ3) is 3.22. The Hall–Kier alpha value is -2.93. The molecule has 4 rings (SSSR count). The molecule has 1 fully saturated rings. The molecule has 1 aromatic carbocycles. The molecule has 1 saturated carbocycles. The number of carbonyl (C=O) groups is 1. The standard InChI is InChI=1S/C20H19ClN4O3/c1-11(12-3-5-14(21)6-4-12)24(2)19(27)13-9-16-17(22-10-13)25(15-7-8-15)20(28)23-18(16)26/h3-6,9-11,15H,7-8H2,1-2H3,(H,23,26,28)/t11-/m0/s1. The third-order valence-corrected chi connectivity index (χ3v) is 5.44. The van der Waals surface area contributed by atoms with Gasteiger partial charge in [-0.3, -0.25) is 19.1 Å². The number of fused-ring (bicyclic) bond motifs is 1. The summed E-state index contributed by atoms with van der Waals surface area (Å²) in [6.07, 6.45) is 3.18. The van der Waals surface area contributed by atoms with E-state index in [1.807, 2.05) is 19.1 Å². The van der Waals surface area contributed by atoms with Crippen molar-refractivity contribution < 1.29 is 4.79 Å². The van der Waals surface area contributed by atoms with Gasteiger partial charge in [0, 0.05) is 24.3 Å². The molecule has 0 radical (unpaired) electrons. The van der Waals surface area contributed by atoms with E-state index in [4.69, 9.17) is 11.6 Å². The molecule has 1 N–H and O–H groups in total. The van der Waals surface area contributed by atoms with Crippen LogP contribution in [-0.2, 0) is 0 Å². The van der Waals surface area contributed by atoms with Gasteiger partial charge in [-0.15, -0.1) is 0 Å². The van der Waals surface area contributed by atoms with Gasteiger partial charge in [0.1, 0.15) is 5.65 Å². The van der Waals surface area contributed by atoms with Crippen LogP contribution in [0.4, 0.5) is 0 Å². The molecule has 0 unspecified atom stereocenters. The Labute approximate surface area is 165 Å². The second kappa shape index (κ2) is 6.91. The number of aromatic amines is 1. The van der Waals surface area contributed by atoms with Crippen molar-refractivity contribution in [1.29, 1.82) is 0 Å². The van der Waals surface area contributed by atoms with Gasteiger partial charge in [0.2, 0.25) is 0 Å². The number of H-pyrrole nitrogens is 1. The smallest absolute Gasteiger partial charge is 0.330 e. The van der Waals surface area contributed by atoms with Crippen LogP contribution in [0.2, 0.25) is 5.02 Å². The summed E-state index contributed by atoms with van der Waals surface area (Å²) in [7, 11) is 1.70. The number of halogens is 1. The number of carbonyl (C=O) groups excluding carboxylic acids is 1. The largest absolute Gasteiger partial charge is 0.335 e. The van der Waals surface area contributed by atoms with Crippen LogP contribution in [0.25, 0.3) is 11.0 Å². The number of nitrogens with zero attached hydrogens (tertiary/aromatic N) is 3. The molecule has 0 bridgehead atoms. The molecule has 1 aliphatic carbocycles. The molecule has 28 heavy (non-hydrogen) atoms. The number of rotatable bonds is 4. The van der Waals surface area contributed by atoms with Crippen LogP contribution in [0.5, 0.6) is 0 Å². The van der Waals surface area contributed by atoms with Gasteiger partial charge in [-0.25, -0.2) is 9.78 Å². The quantitative estimate of drug-likeness (QED) is 0.731. The molecule has 1 aliphatic rings. The Bertz CT molecular complexity index is 1180. The van der Waals surface area contributed by atoms with Gasteiger partial charge in [0.05, 0.1) is 17.0 Å². The lowest BCUT2D eigenvalue weighted by atomic mass is 10.1. The van der Waals surface area contributed by atoms with Crippen LogP contribution in [-0.4, -0.2) is 32.4 Å². The van der Waals surface area contributed by atoms with Gasteiger partial charge in [0.25, 0.3) is 11.5 Å². The van der Waals surface area contributed by atoms with Crippen molar-refractivity contribution in [2.24, 2.45) is 0 Å². The molecule has 0 spiro atoms. The zero-order valence-corrected chi connectivity index (χ0v) is 16.2. The van der Waals surface area contributed by atoms with Crippen molar-refractivity contribution in [3.8, 4) is 0 Å². The highest BCUT2D eigenvalue weighted by atomic mass is 35.5. The molecule has 7 nitrogen and oxygen atoms in total. The summed E-state index contributed by atoms with van der Waals surface area (Å²) in [5, 5.41) is 0.870. The number of hydrogen-bond donors (Lipinski definition) is 1. The van der Waals surface area contributed by atoms with E-state index in [-0.39, 0.29) is 23.4 Å². The van der Waals surface area contributed by atoms with Gasteiger partial charge in [-0.05, 0) is 43.5 Å². The summed E-state index contributed by atoms with van der Waals surface area (Å²) in [6.45, 7) is 1.91. The van der Waals surface area contributed by atoms with Crippen molar-refractivity contribution in [3.63, 3.8) is 0 Å². The van der Waals surface area contributed by atoms with Crippen molar-refractivity contribution in [1.82, 2.24) is 19.4 Å². The van der Waals surface area contributed by atoms with Crippen LogP contribution in [0.3, 0.4) is 0 Å². The van der Waals surface area contributed by atoms with E-state index in [9.17, 15) is 14.4 Å². The zero-order chi connectivity index (χ0) is 20.0. The predicted octanol–water partition coefficient (Wildman–Crippen LogP) is 2.91. The summed E-state index contributed by atoms with van der Waals surface area (Å²) in [6, 6.07) is 8.67. The minimum absolute atomic E-state index is 0.0634. The lowest BCUT2D eigenvalue weighted by Crippen LogP contribution is -2.32. The first kappa shape index (κ1) is 18.4. The number of benzene rings is 1. The van der Waals surface area contributed by atoms with Crippen molar-refractivity contribution in [2.75, 3.05) is 7.05 Å². The zero-order valence-electron chi connectivity index (χ0n) is 15.5. The lowest BCUT2D eigenvalue weighted by Gasteiger charge is -2.25. The SMILES string of the molecule is C[C@@H](c1ccc(Cl)cc1)N(C)C(=O)c1cnc2c(c1)c(=O)[nH]c(=O)n2C1CC1. The average Bonchev–Trinajstić information content (AvgIpc) is 3.51. The number of hydrogen-bond acceptors (Lipinski definition) is 4. The highest BCUT2D eigenvalue weighted by Gasteiger charge is 2.28. The molecule has 1 atom stereocenters. The van der Waals surface area contributed by atoms with Gasteiger partial charge in [0.15, 0.2) is 0 Å². The molecule has 8 heteroatoms. The number of pyridine rings is 1. The normalized spacial score (nSPS) is 14.8. The van der Waals surface area contributed by atoms with E-state index in [0.717, 1.165) is 18.4 Å². The summed E-state index contributed by atoms with van der Waals surface area (Å²) in [4.78, 5) is 45.6. The minimum atomic E-state index is -0.535. The topological polar surface area (TPSA) is 88.1 Å². The maximum atomic E-state index is 13.0. The maximum absolute atomic E-state index is 13.0. The first-order valence-corrected chi connectivity index (χ1v) is 9.42. The summed E-state index contributed by atoms with van der Waals surface area (Å²) >= 11 is 5.93. The van der Waals surface area contributed by atoms with Crippen LogP contribution in [0.1, 0.15) is 47.8 Å². The number of amides is 1. The van der Waals surface area contributed by atoms with E-state index in [2.05, 4.69) is 9.97 Å². The van der Waals surface area contributed by atoms with Crippen LogP contribution >= 0.6 is 11.6 Å². The first-order chi connectivity index (χ1) is 13.4.